The Hall–Kier alpha value is -2.47. The molecule has 0 aromatic heterocycles. The lowest BCUT2D eigenvalue weighted by molar-refractivity contribution is -0.137. The molecule has 0 atom stereocenters. The number of nitrogens with zero attached hydrogens (tertiary/aromatic N) is 2. The third-order valence-electron chi connectivity index (χ3n) is 4.51. The number of amides is 1. The zero-order valence-electron chi connectivity index (χ0n) is 16.9. The van der Waals surface area contributed by atoms with E-state index in [1.165, 1.54) is 6.07 Å². The van der Waals surface area contributed by atoms with Gasteiger partial charge in [-0.1, -0.05) is 0 Å². The normalized spacial score (nSPS) is 15.7. The van der Waals surface area contributed by atoms with E-state index in [2.05, 4.69) is 10.6 Å². The molecule has 1 amide bonds. The molecule has 1 aromatic rings. The topological polar surface area (TPSA) is 77.4 Å². The van der Waals surface area contributed by atoms with Gasteiger partial charge in [-0.15, -0.1) is 0 Å². The maximum Gasteiger partial charge on any atom is 0.416 e. The number of hydrogen-bond donors (Lipinski definition) is 2. The van der Waals surface area contributed by atoms with Crippen LogP contribution in [0.5, 0.6) is 0 Å². The highest BCUT2D eigenvalue weighted by molar-refractivity contribution is 5.67. The molecule has 0 bridgehead atoms. The number of benzene rings is 1. The molecular formula is C20H27F3N4O2. The third-order valence-corrected chi connectivity index (χ3v) is 4.51. The second-order valence-corrected chi connectivity index (χ2v) is 7.99. The summed E-state index contributed by atoms with van der Waals surface area (Å²) in [5.74, 6) is 0. The number of rotatable bonds is 5. The number of nitriles is 1. The van der Waals surface area contributed by atoms with Gasteiger partial charge in [-0.25, -0.2) is 4.79 Å². The molecule has 2 rings (SSSR count). The molecule has 1 aromatic carbocycles. The molecule has 1 aliphatic heterocycles. The van der Waals surface area contributed by atoms with Crippen molar-refractivity contribution in [2.75, 3.05) is 31.1 Å². The highest BCUT2D eigenvalue weighted by atomic mass is 19.4. The lowest BCUT2D eigenvalue weighted by Gasteiger charge is -2.34. The van der Waals surface area contributed by atoms with E-state index in [0.717, 1.165) is 25.0 Å². The van der Waals surface area contributed by atoms with E-state index in [1.807, 2.05) is 11.0 Å². The Bertz CT molecular complexity index is 746. The van der Waals surface area contributed by atoms with Gasteiger partial charge in [0.25, 0.3) is 0 Å². The summed E-state index contributed by atoms with van der Waals surface area (Å²) in [7, 11) is 0. The van der Waals surface area contributed by atoms with E-state index in [4.69, 9.17) is 4.74 Å². The molecule has 1 heterocycles. The van der Waals surface area contributed by atoms with Crippen LogP contribution in [0.25, 0.3) is 0 Å². The van der Waals surface area contributed by atoms with Crippen LogP contribution >= 0.6 is 0 Å². The predicted octanol–water partition coefficient (Wildman–Crippen LogP) is 3.66. The molecule has 160 valence electrons. The zero-order valence-corrected chi connectivity index (χ0v) is 16.9. The molecule has 1 saturated heterocycles. The number of anilines is 1. The van der Waals surface area contributed by atoms with Gasteiger partial charge in [-0.2, -0.15) is 18.4 Å². The Labute approximate surface area is 169 Å². The molecule has 0 saturated carbocycles. The maximum absolute atomic E-state index is 12.8. The second-order valence-electron chi connectivity index (χ2n) is 7.99. The molecule has 0 aliphatic carbocycles. The molecule has 0 spiro atoms. The van der Waals surface area contributed by atoms with Gasteiger partial charge in [0.1, 0.15) is 11.7 Å². The van der Waals surface area contributed by atoms with Gasteiger partial charge in [0.05, 0.1) is 16.8 Å². The average Bonchev–Trinajstić information content (AvgIpc) is 2.63. The smallest absolute Gasteiger partial charge is 0.416 e. The molecule has 1 aliphatic rings. The minimum absolute atomic E-state index is 0.0350. The van der Waals surface area contributed by atoms with Crippen LogP contribution in [0.3, 0.4) is 0 Å². The number of carbonyl (C=O) groups excluding carboxylic acids is 1. The average molecular weight is 412 g/mol. The largest absolute Gasteiger partial charge is 0.444 e. The van der Waals surface area contributed by atoms with Crippen molar-refractivity contribution in [3.05, 3.63) is 29.3 Å². The minimum atomic E-state index is -4.46. The van der Waals surface area contributed by atoms with Crippen LogP contribution in [0, 0.1) is 11.3 Å². The third kappa shape index (κ3) is 7.13. The van der Waals surface area contributed by atoms with Gasteiger partial charge < -0.3 is 20.3 Å². The van der Waals surface area contributed by atoms with Gasteiger partial charge in [0.15, 0.2) is 0 Å². The second kappa shape index (κ2) is 9.35. The Morgan fingerprint density at radius 2 is 1.90 bits per heavy atom. The van der Waals surface area contributed by atoms with E-state index in [0.29, 0.717) is 31.9 Å². The molecule has 0 unspecified atom stereocenters. The van der Waals surface area contributed by atoms with Gasteiger partial charge >= 0.3 is 12.3 Å². The molecule has 6 nitrogen and oxygen atoms in total. The number of alkyl halides is 3. The summed E-state index contributed by atoms with van der Waals surface area (Å²) < 4.78 is 43.7. The van der Waals surface area contributed by atoms with Crippen molar-refractivity contribution in [2.45, 2.75) is 51.4 Å². The molecular weight excluding hydrogens is 385 g/mol. The highest BCUT2D eigenvalue weighted by Gasteiger charge is 2.32. The van der Waals surface area contributed by atoms with Crippen molar-refractivity contribution < 1.29 is 22.7 Å². The van der Waals surface area contributed by atoms with E-state index < -0.39 is 23.4 Å². The summed E-state index contributed by atoms with van der Waals surface area (Å²) in [6, 6.07) is 5.41. The van der Waals surface area contributed by atoms with Crippen molar-refractivity contribution in [1.82, 2.24) is 10.6 Å². The van der Waals surface area contributed by atoms with Crippen LogP contribution in [0.4, 0.5) is 23.7 Å². The number of nitrogens with one attached hydrogen (secondary N) is 2. The summed E-state index contributed by atoms with van der Waals surface area (Å²) in [6.07, 6.45) is -3.34. The number of piperidine rings is 1. The predicted molar refractivity (Wildman–Crippen MR) is 104 cm³/mol. The van der Waals surface area contributed by atoms with Gasteiger partial charge in [0.2, 0.25) is 0 Å². The summed E-state index contributed by atoms with van der Waals surface area (Å²) >= 11 is 0. The van der Waals surface area contributed by atoms with Crippen molar-refractivity contribution in [2.24, 2.45) is 0 Å². The first-order chi connectivity index (χ1) is 13.5. The van der Waals surface area contributed by atoms with E-state index in [-0.39, 0.29) is 11.6 Å². The first-order valence-electron chi connectivity index (χ1n) is 9.56. The Balaban J connectivity index is 1.79. The fraction of sp³-hybridized carbons (Fsp3) is 0.600. The molecule has 9 heteroatoms. The van der Waals surface area contributed by atoms with E-state index in [9.17, 15) is 23.2 Å². The zero-order chi connectivity index (χ0) is 21.7. The standard InChI is InChI=1S/C20H27F3N4O2/c1-19(2,3)29-18(28)26-9-8-25-16-6-10-27(11-7-16)17-5-4-15(20(21,22)23)12-14(17)13-24/h4-5,12,16,25H,6-11H2,1-3H3,(H,26,28). The van der Waals surface area contributed by atoms with Crippen molar-refractivity contribution in [3.63, 3.8) is 0 Å². The van der Waals surface area contributed by atoms with E-state index in [1.54, 1.807) is 20.8 Å². The SMILES string of the molecule is CC(C)(C)OC(=O)NCCNC1CCN(c2ccc(C(F)(F)F)cc2C#N)CC1. The maximum atomic E-state index is 12.8. The molecule has 1 fully saturated rings. The Morgan fingerprint density at radius 1 is 1.24 bits per heavy atom. The Kier molecular flexibility index (Phi) is 7.36. The fourth-order valence-corrected chi connectivity index (χ4v) is 3.16. The highest BCUT2D eigenvalue weighted by Crippen LogP contribution is 2.33. The van der Waals surface area contributed by atoms with Crippen molar-refractivity contribution in [3.8, 4) is 6.07 Å². The summed E-state index contributed by atoms with van der Waals surface area (Å²) in [5.41, 5.74) is -0.782. The summed E-state index contributed by atoms with van der Waals surface area (Å²) in [5, 5.41) is 15.3. The fourth-order valence-electron chi connectivity index (χ4n) is 3.16. The number of carbonyl (C=O) groups is 1. The number of hydrogen-bond acceptors (Lipinski definition) is 5. The lowest BCUT2D eigenvalue weighted by Crippen LogP contribution is -2.45. The van der Waals surface area contributed by atoms with Crippen LogP contribution in [0.1, 0.15) is 44.7 Å². The van der Waals surface area contributed by atoms with Gasteiger partial charge in [0, 0.05) is 32.2 Å². The van der Waals surface area contributed by atoms with Crippen LogP contribution in [0.2, 0.25) is 0 Å². The van der Waals surface area contributed by atoms with Crippen LogP contribution in [0.15, 0.2) is 18.2 Å². The Morgan fingerprint density at radius 3 is 2.45 bits per heavy atom. The van der Waals surface area contributed by atoms with Crippen molar-refractivity contribution >= 4 is 11.8 Å². The van der Waals surface area contributed by atoms with Crippen LogP contribution < -0.4 is 15.5 Å². The monoisotopic (exact) mass is 412 g/mol. The van der Waals surface area contributed by atoms with Crippen LogP contribution in [-0.2, 0) is 10.9 Å². The molecule has 2 N–H and O–H groups in total. The number of alkyl carbamates (subject to hydrolysis) is 1. The summed E-state index contributed by atoms with van der Waals surface area (Å²) in [4.78, 5) is 13.5. The first kappa shape index (κ1) is 22.8. The minimum Gasteiger partial charge on any atom is -0.444 e. The quantitative estimate of drug-likeness (QED) is 0.722. The van der Waals surface area contributed by atoms with E-state index >= 15 is 0 Å². The number of halogens is 3. The van der Waals surface area contributed by atoms with Gasteiger partial charge in [-0.05, 0) is 51.8 Å². The molecule has 0 radical (unpaired) electrons. The van der Waals surface area contributed by atoms with Crippen molar-refractivity contribution in [1.29, 1.82) is 5.26 Å². The van der Waals surface area contributed by atoms with Crippen LogP contribution in [-0.4, -0.2) is 43.9 Å². The lowest BCUT2D eigenvalue weighted by atomic mass is 10.0. The number of ether oxygens (including phenoxy) is 1. The summed E-state index contributed by atoms with van der Waals surface area (Å²) in [6.45, 7) is 7.70. The first-order valence-corrected chi connectivity index (χ1v) is 9.56. The van der Waals surface area contributed by atoms with Gasteiger partial charge in [-0.3, -0.25) is 0 Å². The molecule has 29 heavy (non-hydrogen) atoms.